The quantitative estimate of drug-likeness (QED) is 0.800. The van der Waals surface area contributed by atoms with Gasteiger partial charge in [0.1, 0.15) is 0 Å². The number of nitrogens with two attached hydrogens (primary N) is 1. The summed E-state index contributed by atoms with van der Waals surface area (Å²) < 4.78 is 0. The molecule has 0 saturated heterocycles. The van der Waals surface area contributed by atoms with Crippen LogP contribution in [0.3, 0.4) is 0 Å². The van der Waals surface area contributed by atoms with Crippen LogP contribution in [0.1, 0.15) is 23.6 Å². The first-order chi connectivity index (χ1) is 10.2. The molecule has 3 N–H and O–H groups in total. The Hall–Kier alpha value is -2.13. The van der Waals surface area contributed by atoms with E-state index in [0.29, 0.717) is 0 Å². The van der Waals surface area contributed by atoms with Crippen molar-refractivity contribution in [3.8, 4) is 0 Å². The first kappa shape index (κ1) is 15.3. The maximum absolute atomic E-state index is 11.7. The van der Waals surface area contributed by atoms with Crippen LogP contribution in [0.15, 0.2) is 54.6 Å². The number of benzene rings is 2. The summed E-state index contributed by atoms with van der Waals surface area (Å²) in [6, 6.07) is 18.9. The van der Waals surface area contributed by atoms with E-state index in [1.165, 1.54) is 16.7 Å². The molecule has 0 radical (unpaired) electrons. The molecule has 0 aliphatic rings. The molecule has 0 aliphatic heterocycles. The van der Waals surface area contributed by atoms with Crippen molar-refractivity contribution in [2.45, 2.75) is 19.8 Å². The van der Waals surface area contributed by atoms with Crippen molar-refractivity contribution in [3.05, 3.63) is 71.3 Å². The van der Waals surface area contributed by atoms with Gasteiger partial charge in [-0.3, -0.25) is 4.79 Å². The Morgan fingerprint density at radius 3 is 2.19 bits per heavy atom. The van der Waals surface area contributed by atoms with Gasteiger partial charge in [0, 0.05) is 5.92 Å². The number of rotatable bonds is 6. The lowest BCUT2D eigenvalue weighted by atomic mass is 9.98. The fourth-order valence-corrected chi connectivity index (χ4v) is 2.35. The molecule has 3 heteroatoms. The maximum Gasteiger partial charge on any atom is 0.224 e. The number of hydrogen-bond donors (Lipinski definition) is 2. The highest BCUT2D eigenvalue weighted by Gasteiger charge is 2.12. The maximum atomic E-state index is 11.7. The number of carbonyl (C=O) groups excluding carboxylic acids is 1. The predicted octanol–water partition coefficient (Wildman–Crippen LogP) is 2.49. The lowest BCUT2D eigenvalue weighted by molar-refractivity contribution is -0.124. The van der Waals surface area contributed by atoms with E-state index in [2.05, 4.69) is 53.8 Å². The van der Waals surface area contributed by atoms with Crippen LogP contribution in [0, 0.1) is 5.92 Å². The zero-order chi connectivity index (χ0) is 15.1. The lowest BCUT2D eigenvalue weighted by Crippen LogP contribution is -2.34. The van der Waals surface area contributed by atoms with Crippen molar-refractivity contribution < 1.29 is 4.79 Å². The number of hydrogen-bond acceptors (Lipinski definition) is 2. The zero-order valence-electron chi connectivity index (χ0n) is 12.4. The molecule has 0 aromatic heterocycles. The molecule has 1 amide bonds. The molecule has 0 aliphatic carbocycles. The third kappa shape index (κ3) is 4.72. The van der Waals surface area contributed by atoms with Crippen molar-refractivity contribution in [1.29, 1.82) is 0 Å². The predicted molar refractivity (Wildman–Crippen MR) is 85.8 cm³/mol. The van der Waals surface area contributed by atoms with Gasteiger partial charge in [-0.05, 0) is 29.5 Å². The fraction of sp³-hybridized carbons (Fsp3) is 0.278. The molecule has 21 heavy (non-hydrogen) atoms. The normalized spacial score (nSPS) is 11.9. The van der Waals surface area contributed by atoms with E-state index in [1.54, 1.807) is 0 Å². The second kappa shape index (κ2) is 7.60. The van der Waals surface area contributed by atoms with Gasteiger partial charge in [-0.2, -0.15) is 0 Å². The summed E-state index contributed by atoms with van der Waals surface area (Å²) >= 11 is 0. The molecule has 0 saturated carbocycles. The summed E-state index contributed by atoms with van der Waals surface area (Å²) in [6.07, 6.45) is 1.67. The van der Waals surface area contributed by atoms with Crippen LogP contribution in [-0.4, -0.2) is 12.6 Å². The molecule has 0 fully saturated rings. The molecule has 2 aromatic rings. The van der Waals surface area contributed by atoms with E-state index in [1.807, 2.05) is 13.0 Å². The van der Waals surface area contributed by atoms with Crippen LogP contribution < -0.4 is 11.1 Å². The van der Waals surface area contributed by atoms with Crippen molar-refractivity contribution in [1.82, 2.24) is 5.32 Å². The Kier molecular flexibility index (Phi) is 5.52. The summed E-state index contributed by atoms with van der Waals surface area (Å²) in [5.41, 5.74) is 9.08. The molecular formula is C18H22N2O. The van der Waals surface area contributed by atoms with Crippen LogP contribution in [-0.2, 0) is 17.6 Å². The molecule has 1 atom stereocenters. The molecule has 3 nitrogen and oxygen atoms in total. The van der Waals surface area contributed by atoms with Crippen molar-refractivity contribution in [2.24, 2.45) is 11.7 Å². The van der Waals surface area contributed by atoms with Gasteiger partial charge >= 0.3 is 0 Å². The summed E-state index contributed by atoms with van der Waals surface area (Å²) in [7, 11) is 0. The molecule has 0 bridgehead atoms. The summed E-state index contributed by atoms with van der Waals surface area (Å²) in [5.74, 6) is -0.0561. The number of carbonyl (C=O) groups is 1. The monoisotopic (exact) mass is 282 g/mol. The van der Waals surface area contributed by atoms with E-state index < -0.39 is 0 Å². The average Bonchev–Trinajstić information content (AvgIpc) is 2.50. The first-order valence-electron chi connectivity index (χ1n) is 7.28. The summed E-state index contributed by atoms with van der Waals surface area (Å²) in [6.45, 7) is 2.11. The number of amides is 1. The van der Waals surface area contributed by atoms with Gasteiger partial charge in [0.2, 0.25) is 5.91 Å². The van der Waals surface area contributed by atoms with E-state index in [0.717, 1.165) is 12.8 Å². The van der Waals surface area contributed by atoms with E-state index in [-0.39, 0.29) is 18.5 Å². The largest absolute Gasteiger partial charge is 0.344 e. The van der Waals surface area contributed by atoms with Gasteiger partial charge in [-0.25, -0.2) is 0 Å². The molecule has 0 heterocycles. The van der Waals surface area contributed by atoms with Crippen LogP contribution in [0.25, 0.3) is 0 Å². The van der Waals surface area contributed by atoms with Gasteiger partial charge in [0.15, 0.2) is 0 Å². The lowest BCUT2D eigenvalue weighted by Gasteiger charge is -2.11. The van der Waals surface area contributed by atoms with Gasteiger partial charge in [0.25, 0.3) is 0 Å². The van der Waals surface area contributed by atoms with E-state index in [9.17, 15) is 4.79 Å². The molecule has 1 unspecified atom stereocenters. The van der Waals surface area contributed by atoms with Gasteiger partial charge in [-0.1, -0.05) is 61.5 Å². The Morgan fingerprint density at radius 1 is 1.00 bits per heavy atom. The Balaban J connectivity index is 1.94. The Bertz CT molecular complexity index is 564. The second-order valence-corrected chi connectivity index (χ2v) is 5.33. The molecule has 0 spiro atoms. The van der Waals surface area contributed by atoms with E-state index in [4.69, 9.17) is 5.73 Å². The third-order valence-electron chi connectivity index (χ3n) is 3.54. The van der Waals surface area contributed by atoms with Gasteiger partial charge in [0.05, 0.1) is 6.67 Å². The molecule has 2 rings (SSSR count). The average molecular weight is 282 g/mol. The van der Waals surface area contributed by atoms with Crippen molar-refractivity contribution >= 4 is 5.91 Å². The Labute approximate surface area is 126 Å². The standard InChI is InChI=1S/C18H22N2O/c1-14(18(21)20-13-19)11-16-7-9-17(10-8-16)12-15-5-3-2-4-6-15/h2-10,14H,11-13,19H2,1H3,(H,20,21). The van der Waals surface area contributed by atoms with Crippen molar-refractivity contribution in [2.75, 3.05) is 6.67 Å². The van der Waals surface area contributed by atoms with Crippen molar-refractivity contribution in [3.63, 3.8) is 0 Å². The Morgan fingerprint density at radius 2 is 1.57 bits per heavy atom. The van der Waals surface area contributed by atoms with Gasteiger partial charge < -0.3 is 11.1 Å². The SMILES string of the molecule is CC(Cc1ccc(Cc2ccccc2)cc1)C(=O)NCN. The molecule has 2 aromatic carbocycles. The zero-order valence-corrected chi connectivity index (χ0v) is 12.4. The highest BCUT2D eigenvalue weighted by atomic mass is 16.1. The smallest absolute Gasteiger partial charge is 0.224 e. The van der Waals surface area contributed by atoms with E-state index >= 15 is 0 Å². The minimum Gasteiger partial charge on any atom is -0.344 e. The third-order valence-corrected chi connectivity index (χ3v) is 3.54. The topological polar surface area (TPSA) is 55.1 Å². The van der Waals surface area contributed by atoms with Crippen LogP contribution in [0.2, 0.25) is 0 Å². The van der Waals surface area contributed by atoms with Crippen LogP contribution >= 0.6 is 0 Å². The summed E-state index contributed by atoms with van der Waals surface area (Å²) in [4.78, 5) is 11.7. The molecular weight excluding hydrogens is 260 g/mol. The minimum absolute atomic E-state index is 0.00543. The highest BCUT2D eigenvalue weighted by molar-refractivity contribution is 5.78. The molecule has 110 valence electrons. The van der Waals surface area contributed by atoms with Crippen LogP contribution in [0.4, 0.5) is 0 Å². The first-order valence-corrected chi connectivity index (χ1v) is 7.28. The van der Waals surface area contributed by atoms with Gasteiger partial charge in [-0.15, -0.1) is 0 Å². The van der Waals surface area contributed by atoms with Crippen LogP contribution in [0.5, 0.6) is 0 Å². The highest BCUT2D eigenvalue weighted by Crippen LogP contribution is 2.13. The fourth-order valence-electron chi connectivity index (χ4n) is 2.35. The second-order valence-electron chi connectivity index (χ2n) is 5.33. The minimum atomic E-state index is -0.0616. The summed E-state index contributed by atoms with van der Waals surface area (Å²) in [5, 5.41) is 2.65. The number of nitrogens with one attached hydrogen (secondary N) is 1.